The second kappa shape index (κ2) is 8.46. The standard InChI is InChI=1S/C21H27N3O4/c1-14(2)18-5-4-15(3)10-19(18)28-13-20(25)23-8-6-17(7-9-23)24-12-16(11-22-24)21(26)27/h4-5,10-12,14,17H,6-9,13H2,1-3H3,(H,26,27). The molecule has 1 saturated heterocycles. The minimum Gasteiger partial charge on any atom is -0.483 e. The molecule has 150 valence electrons. The largest absolute Gasteiger partial charge is 0.483 e. The Kier molecular flexibility index (Phi) is 6.02. The lowest BCUT2D eigenvalue weighted by Crippen LogP contribution is -2.41. The van der Waals surface area contributed by atoms with Crippen LogP contribution in [0.25, 0.3) is 0 Å². The van der Waals surface area contributed by atoms with Crippen LogP contribution in [0.1, 0.15) is 60.1 Å². The zero-order chi connectivity index (χ0) is 20.3. The van der Waals surface area contributed by atoms with Crippen LogP contribution in [0.2, 0.25) is 0 Å². The molecule has 3 rings (SSSR count). The molecule has 7 nitrogen and oxygen atoms in total. The first-order valence-corrected chi connectivity index (χ1v) is 9.63. The van der Waals surface area contributed by atoms with Gasteiger partial charge in [-0.15, -0.1) is 0 Å². The molecule has 0 bridgehead atoms. The fourth-order valence-corrected chi connectivity index (χ4v) is 3.50. The maximum Gasteiger partial charge on any atom is 0.338 e. The summed E-state index contributed by atoms with van der Waals surface area (Å²) >= 11 is 0. The number of carbonyl (C=O) groups excluding carboxylic acids is 1. The summed E-state index contributed by atoms with van der Waals surface area (Å²) < 4.78 is 7.56. The van der Waals surface area contributed by atoms with Crippen molar-refractivity contribution in [2.75, 3.05) is 19.7 Å². The summed E-state index contributed by atoms with van der Waals surface area (Å²) in [5.41, 5.74) is 2.39. The highest BCUT2D eigenvalue weighted by Gasteiger charge is 2.25. The number of aromatic carboxylic acids is 1. The number of nitrogens with zero attached hydrogens (tertiary/aromatic N) is 3. The van der Waals surface area contributed by atoms with Crippen molar-refractivity contribution in [1.82, 2.24) is 14.7 Å². The van der Waals surface area contributed by atoms with E-state index in [2.05, 4.69) is 31.1 Å². The number of likely N-dealkylation sites (tertiary alicyclic amines) is 1. The predicted molar refractivity (Wildman–Crippen MR) is 105 cm³/mol. The minimum atomic E-state index is -0.979. The first kappa shape index (κ1) is 19.9. The van der Waals surface area contributed by atoms with Crippen LogP contribution in [-0.4, -0.2) is 51.4 Å². The zero-order valence-corrected chi connectivity index (χ0v) is 16.6. The molecule has 1 fully saturated rings. The third-order valence-corrected chi connectivity index (χ3v) is 5.18. The Morgan fingerprint density at radius 2 is 2.00 bits per heavy atom. The molecule has 1 aliphatic heterocycles. The predicted octanol–water partition coefficient (Wildman–Crippen LogP) is 3.26. The van der Waals surface area contributed by atoms with E-state index < -0.39 is 5.97 Å². The lowest BCUT2D eigenvalue weighted by molar-refractivity contribution is -0.134. The van der Waals surface area contributed by atoms with Crippen molar-refractivity contribution >= 4 is 11.9 Å². The number of hydrogen-bond acceptors (Lipinski definition) is 4. The average Bonchev–Trinajstić information content (AvgIpc) is 3.16. The molecule has 28 heavy (non-hydrogen) atoms. The quantitative estimate of drug-likeness (QED) is 0.825. The van der Waals surface area contributed by atoms with E-state index in [0.717, 1.165) is 29.7 Å². The summed E-state index contributed by atoms with van der Waals surface area (Å²) in [7, 11) is 0. The third-order valence-electron chi connectivity index (χ3n) is 5.18. The Hall–Kier alpha value is -2.83. The maximum atomic E-state index is 12.6. The molecule has 1 amide bonds. The Morgan fingerprint density at radius 3 is 2.61 bits per heavy atom. The minimum absolute atomic E-state index is 0.0265. The van der Waals surface area contributed by atoms with Crippen molar-refractivity contribution in [1.29, 1.82) is 0 Å². The monoisotopic (exact) mass is 385 g/mol. The summed E-state index contributed by atoms with van der Waals surface area (Å²) in [6.45, 7) is 7.47. The number of piperidine rings is 1. The Balaban J connectivity index is 1.54. The molecule has 1 aromatic heterocycles. The molecule has 1 aromatic carbocycles. The van der Waals surface area contributed by atoms with E-state index in [9.17, 15) is 9.59 Å². The number of aryl methyl sites for hydroxylation is 1. The van der Waals surface area contributed by atoms with Gasteiger partial charge in [0.25, 0.3) is 5.91 Å². The molecule has 0 aliphatic carbocycles. The summed E-state index contributed by atoms with van der Waals surface area (Å²) in [5, 5.41) is 13.2. The van der Waals surface area contributed by atoms with E-state index in [1.165, 1.54) is 6.20 Å². The van der Waals surface area contributed by atoms with Crippen LogP contribution in [-0.2, 0) is 4.79 Å². The number of carboxylic acid groups (broad SMARTS) is 1. The van der Waals surface area contributed by atoms with Crippen molar-refractivity contribution in [2.45, 2.75) is 45.6 Å². The number of carbonyl (C=O) groups is 2. The Morgan fingerprint density at radius 1 is 1.29 bits per heavy atom. The van der Waals surface area contributed by atoms with Gasteiger partial charge in [-0.2, -0.15) is 5.10 Å². The number of amides is 1. The fourth-order valence-electron chi connectivity index (χ4n) is 3.50. The van der Waals surface area contributed by atoms with Gasteiger partial charge in [0.05, 0.1) is 17.8 Å². The second-order valence-corrected chi connectivity index (χ2v) is 7.61. The van der Waals surface area contributed by atoms with Crippen molar-refractivity contribution in [3.8, 4) is 5.75 Å². The van der Waals surface area contributed by atoms with Gasteiger partial charge >= 0.3 is 5.97 Å². The maximum absolute atomic E-state index is 12.6. The number of ether oxygens (including phenoxy) is 1. The van der Waals surface area contributed by atoms with Crippen LogP contribution in [0, 0.1) is 6.92 Å². The van der Waals surface area contributed by atoms with E-state index in [0.29, 0.717) is 19.0 Å². The van der Waals surface area contributed by atoms with Gasteiger partial charge in [-0.05, 0) is 42.9 Å². The number of hydrogen-bond donors (Lipinski definition) is 1. The Labute approximate surface area is 164 Å². The van der Waals surface area contributed by atoms with E-state index in [1.54, 1.807) is 10.9 Å². The lowest BCUT2D eigenvalue weighted by atomic mass is 10.0. The summed E-state index contributed by atoms with van der Waals surface area (Å²) in [4.78, 5) is 25.4. The second-order valence-electron chi connectivity index (χ2n) is 7.61. The Bertz CT molecular complexity index is 851. The zero-order valence-electron chi connectivity index (χ0n) is 16.6. The topological polar surface area (TPSA) is 84.7 Å². The van der Waals surface area contributed by atoms with Crippen molar-refractivity contribution in [3.05, 3.63) is 47.3 Å². The number of carboxylic acids is 1. The van der Waals surface area contributed by atoms with Crippen LogP contribution >= 0.6 is 0 Å². The molecule has 7 heteroatoms. The van der Waals surface area contributed by atoms with Gasteiger partial charge in [-0.1, -0.05) is 26.0 Å². The van der Waals surface area contributed by atoms with Gasteiger partial charge in [0.2, 0.25) is 0 Å². The molecule has 0 unspecified atom stereocenters. The number of benzene rings is 1. The van der Waals surface area contributed by atoms with Gasteiger partial charge in [0, 0.05) is 19.3 Å². The van der Waals surface area contributed by atoms with E-state index in [4.69, 9.17) is 9.84 Å². The molecular weight excluding hydrogens is 358 g/mol. The molecule has 0 saturated carbocycles. The number of rotatable bonds is 6. The number of aromatic nitrogens is 2. The van der Waals surface area contributed by atoms with Crippen LogP contribution in [0.5, 0.6) is 5.75 Å². The lowest BCUT2D eigenvalue weighted by Gasteiger charge is -2.32. The molecule has 1 N–H and O–H groups in total. The van der Waals surface area contributed by atoms with Crippen molar-refractivity contribution in [3.63, 3.8) is 0 Å². The third kappa shape index (κ3) is 4.52. The van der Waals surface area contributed by atoms with Crippen LogP contribution < -0.4 is 4.74 Å². The van der Waals surface area contributed by atoms with Crippen LogP contribution in [0.3, 0.4) is 0 Å². The highest BCUT2D eigenvalue weighted by atomic mass is 16.5. The molecule has 0 atom stereocenters. The van der Waals surface area contributed by atoms with Gasteiger partial charge in [-0.25, -0.2) is 4.79 Å². The first-order valence-electron chi connectivity index (χ1n) is 9.63. The highest BCUT2D eigenvalue weighted by Crippen LogP contribution is 2.28. The summed E-state index contributed by atoms with van der Waals surface area (Å²) in [5.74, 6) is 0.0940. The van der Waals surface area contributed by atoms with Gasteiger partial charge < -0.3 is 14.7 Å². The van der Waals surface area contributed by atoms with Crippen molar-refractivity contribution in [2.24, 2.45) is 0 Å². The van der Waals surface area contributed by atoms with E-state index >= 15 is 0 Å². The van der Waals surface area contributed by atoms with Gasteiger partial charge in [0.15, 0.2) is 6.61 Å². The molecule has 2 aromatic rings. The molecule has 2 heterocycles. The van der Waals surface area contributed by atoms with E-state index in [1.807, 2.05) is 17.9 Å². The SMILES string of the molecule is Cc1ccc(C(C)C)c(OCC(=O)N2CCC(n3cc(C(=O)O)cn3)CC2)c1. The molecule has 0 radical (unpaired) electrons. The van der Waals surface area contributed by atoms with Crippen molar-refractivity contribution < 1.29 is 19.4 Å². The smallest absolute Gasteiger partial charge is 0.338 e. The van der Waals surface area contributed by atoms with Crippen LogP contribution in [0.15, 0.2) is 30.6 Å². The summed E-state index contributed by atoms with van der Waals surface area (Å²) in [6, 6.07) is 6.20. The normalized spacial score (nSPS) is 15.1. The summed E-state index contributed by atoms with van der Waals surface area (Å²) in [6.07, 6.45) is 4.41. The average molecular weight is 385 g/mol. The van der Waals surface area contributed by atoms with Gasteiger partial charge in [-0.3, -0.25) is 9.48 Å². The highest BCUT2D eigenvalue weighted by molar-refractivity contribution is 5.86. The fraction of sp³-hybridized carbons (Fsp3) is 0.476. The molecular formula is C21H27N3O4. The molecule has 0 spiro atoms. The first-order chi connectivity index (χ1) is 13.3. The van der Waals surface area contributed by atoms with E-state index in [-0.39, 0.29) is 24.1 Å². The van der Waals surface area contributed by atoms with Gasteiger partial charge in [0.1, 0.15) is 5.75 Å². The van der Waals surface area contributed by atoms with Crippen LogP contribution in [0.4, 0.5) is 0 Å². The molecule has 1 aliphatic rings.